The summed E-state index contributed by atoms with van der Waals surface area (Å²) in [6, 6.07) is 5.47. The molecular formula is C20H27N7O2. The first kappa shape index (κ1) is 19.4. The predicted molar refractivity (Wildman–Crippen MR) is 111 cm³/mol. The lowest BCUT2D eigenvalue weighted by atomic mass is 10.2. The highest BCUT2D eigenvalue weighted by Crippen LogP contribution is 2.21. The molecule has 0 bridgehead atoms. The normalized spacial score (nSPS) is 18.1. The van der Waals surface area contributed by atoms with Gasteiger partial charge in [-0.05, 0) is 13.1 Å². The van der Waals surface area contributed by atoms with E-state index in [1.165, 1.54) is 0 Å². The maximum absolute atomic E-state index is 12.8. The average Bonchev–Trinajstić information content (AvgIpc) is 2.79. The summed E-state index contributed by atoms with van der Waals surface area (Å²) >= 11 is 0. The van der Waals surface area contributed by atoms with Crippen LogP contribution in [0.25, 0.3) is 0 Å². The van der Waals surface area contributed by atoms with Crippen LogP contribution in [0.1, 0.15) is 10.4 Å². The van der Waals surface area contributed by atoms with Crippen molar-refractivity contribution in [3.8, 4) is 5.88 Å². The summed E-state index contributed by atoms with van der Waals surface area (Å²) < 4.78 is 5.12. The van der Waals surface area contributed by atoms with Gasteiger partial charge >= 0.3 is 0 Å². The van der Waals surface area contributed by atoms with Crippen LogP contribution in [0.3, 0.4) is 0 Å². The van der Waals surface area contributed by atoms with Crippen molar-refractivity contribution in [2.75, 3.05) is 76.3 Å². The van der Waals surface area contributed by atoms with E-state index >= 15 is 0 Å². The van der Waals surface area contributed by atoms with Crippen molar-refractivity contribution in [1.29, 1.82) is 0 Å². The number of amides is 1. The van der Waals surface area contributed by atoms with Crippen molar-refractivity contribution in [2.45, 2.75) is 0 Å². The van der Waals surface area contributed by atoms with Crippen LogP contribution in [0.4, 0.5) is 11.6 Å². The largest absolute Gasteiger partial charge is 0.481 e. The number of carbonyl (C=O) groups is 1. The highest BCUT2D eigenvalue weighted by molar-refractivity contribution is 5.94. The minimum Gasteiger partial charge on any atom is -0.481 e. The molecule has 4 heterocycles. The monoisotopic (exact) mass is 397 g/mol. The number of carbonyl (C=O) groups excluding carboxylic acids is 1. The SMILES string of the molecule is COc1cc(C(=O)N2CCN(c3cc(N4CCN(C)CC4)ncn3)CC2)ccn1. The average molecular weight is 397 g/mol. The number of hydrogen-bond donors (Lipinski definition) is 0. The molecule has 2 fully saturated rings. The molecule has 4 rings (SSSR count). The molecule has 0 aliphatic carbocycles. The molecule has 2 aliphatic heterocycles. The van der Waals surface area contributed by atoms with Gasteiger partial charge in [0, 0.05) is 76.3 Å². The van der Waals surface area contributed by atoms with Crippen LogP contribution in [-0.2, 0) is 0 Å². The number of ether oxygens (including phenoxy) is 1. The molecule has 29 heavy (non-hydrogen) atoms. The van der Waals surface area contributed by atoms with Gasteiger partial charge < -0.3 is 24.3 Å². The molecule has 2 aromatic rings. The van der Waals surface area contributed by atoms with E-state index in [0.717, 1.165) is 50.9 Å². The Hall–Kier alpha value is -2.94. The standard InChI is InChI=1S/C20H27N7O2/c1-24-5-7-25(8-6-24)17-14-18(23-15-22-17)26-9-11-27(12-10-26)20(28)16-3-4-21-19(13-16)29-2/h3-4,13-15H,5-12H2,1-2H3. The summed E-state index contributed by atoms with van der Waals surface area (Å²) in [6.07, 6.45) is 3.24. The van der Waals surface area contributed by atoms with Crippen molar-refractivity contribution < 1.29 is 9.53 Å². The van der Waals surface area contributed by atoms with E-state index < -0.39 is 0 Å². The Balaban J connectivity index is 1.38. The number of rotatable bonds is 4. The quantitative estimate of drug-likeness (QED) is 0.742. The second-order valence-electron chi connectivity index (χ2n) is 7.39. The Bertz CT molecular complexity index is 846. The molecule has 0 spiro atoms. The zero-order valence-corrected chi connectivity index (χ0v) is 17.0. The number of nitrogens with zero attached hydrogens (tertiary/aromatic N) is 7. The number of hydrogen-bond acceptors (Lipinski definition) is 8. The van der Waals surface area contributed by atoms with Crippen LogP contribution in [-0.4, -0.2) is 97.2 Å². The Morgan fingerprint density at radius 3 is 2.14 bits per heavy atom. The fraction of sp³-hybridized carbons (Fsp3) is 0.500. The van der Waals surface area contributed by atoms with Crippen molar-refractivity contribution in [3.63, 3.8) is 0 Å². The van der Waals surface area contributed by atoms with Gasteiger partial charge in [-0.2, -0.15) is 0 Å². The smallest absolute Gasteiger partial charge is 0.254 e. The van der Waals surface area contributed by atoms with Gasteiger partial charge in [0.15, 0.2) is 0 Å². The maximum Gasteiger partial charge on any atom is 0.254 e. The summed E-state index contributed by atoms with van der Waals surface area (Å²) in [5.41, 5.74) is 0.602. The molecule has 9 heteroatoms. The summed E-state index contributed by atoms with van der Waals surface area (Å²) in [5.74, 6) is 2.36. The summed E-state index contributed by atoms with van der Waals surface area (Å²) in [4.78, 5) is 34.5. The van der Waals surface area contributed by atoms with Gasteiger partial charge in [-0.15, -0.1) is 0 Å². The van der Waals surface area contributed by atoms with Gasteiger partial charge in [-0.3, -0.25) is 4.79 Å². The third kappa shape index (κ3) is 4.40. The number of methoxy groups -OCH3 is 1. The van der Waals surface area contributed by atoms with E-state index in [-0.39, 0.29) is 5.91 Å². The van der Waals surface area contributed by atoms with Gasteiger partial charge in [0.2, 0.25) is 5.88 Å². The molecule has 0 unspecified atom stereocenters. The minimum absolute atomic E-state index is 0.00571. The van der Waals surface area contributed by atoms with E-state index in [2.05, 4.69) is 42.8 Å². The molecule has 154 valence electrons. The van der Waals surface area contributed by atoms with E-state index in [0.29, 0.717) is 24.5 Å². The highest BCUT2D eigenvalue weighted by atomic mass is 16.5. The number of piperazine rings is 2. The number of anilines is 2. The van der Waals surface area contributed by atoms with Crippen LogP contribution >= 0.6 is 0 Å². The first-order valence-electron chi connectivity index (χ1n) is 9.94. The number of likely N-dealkylation sites (N-methyl/N-ethyl adjacent to an activating group) is 1. The molecular weight excluding hydrogens is 370 g/mol. The first-order valence-corrected chi connectivity index (χ1v) is 9.94. The lowest BCUT2D eigenvalue weighted by Crippen LogP contribution is -2.49. The molecule has 0 N–H and O–H groups in total. The van der Waals surface area contributed by atoms with Gasteiger partial charge in [-0.25, -0.2) is 15.0 Å². The highest BCUT2D eigenvalue weighted by Gasteiger charge is 2.24. The summed E-state index contributed by atoms with van der Waals surface area (Å²) in [7, 11) is 3.69. The molecule has 2 aromatic heterocycles. The second-order valence-corrected chi connectivity index (χ2v) is 7.39. The predicted octanol–water partition coefficient (Wildman–Crippen LogP) is 0.594. The van der Waals surface area contributed by atoms with Crippen molar-refractivity contribution in [2.24, 2.45) is 0 Å². The van der Waals surface area contributed by atoms with E-state index in [1.54, 1.807) is 31.8 Å². The van der Waals surface area contributed by atoms with Crippen molar-refractivity contribution in [1.82, 2.24) is 24.8 Å². The lowest BCUT2D eigenvalue weighted by Gasteiger charge is -2.36. The second kappa shape index (κ2) is 8.60. The summed E-state index contributed by atoms with van der Waals surface area (Å²) in [5, 5.41) is 0. The van der Waals surface area contributed by atoms with Gasteiger partial charge in [0.05, 0.1) is 7.11 Å². The Morgan fingerprint density at radius 1 is 0.897 bits per heavy atom. The molecule has 2 saturated heterocycles. The van der Waals surface area contributed by atoms with Gasteiger partial charge in [0.25, 0.3) is 5.91 Å². The Labute approximate surface area is 170 Å². The van der Waals surface area contributed by atoms with Crippen molar-refractivity contribution in [3.05, 3.63) is 36.3 Å². The zero-order chi connectivity index (χ0) is 20.2. The van der Waals surface area contributed by atoms with Crippen LogP contribution in [0, 0.1) is 0 Å². The first-order chi connectivity index (χ1) is 14.1. The number of aromatic nitrogens is 3. The number of pyridine rings is 1. The topological polar surface area (TPSA) is 77.9 Å². The molecule has 0 atom stereocenters. The zero-order valence-electron chi connectivity index (χ0n) is 17.0. The molecule has 0 saturated carbocycles. The minimum atomic E-state index is 0.00571. The molecule has 9 nitrogen and oxygen atoms in total. The van der Waals surface area contributed by atoms with Gasteiger partial charge in [-0.1, -0.05) is 0 Å². The Kier molecular flexibility index (Phi) is 5.75. The van der Waals surface area contributed by atoms with E-state index in [4.69, 9.17) is 4.74 Å². The molecule has 1 amide bonds. The molecule has 2 aliphatic rings. The van der Waals surface area contributed by atoms with Crippen LogP contribution in [0.5, 0.6) is 5.88 Å². The molecule has 0 radical (unpaired) electrons. The maximum atomic E-state index is 12.8. The van der Waals surface area contributed by atoms with E-state index in [9.17, 15) is 4.79 Å². The van der Waals surface area contributed by atoms with Crippen LogP contribution < -0.4 is 14.5 Å². The van der Waals surface area contributed by atoms with Crippen molar-refractivity contribution >= 4 is 17.5 Å². The third-order valence-corrected chi connectivity index (χ3v) is 5.55. The summed E-state index contributed by atoms with van der Waals surface area (Å²) in [6.45, 7) is 6.82. The third-order valence-electron chi connectivity index (χ3n) is 5.55. The van der Waals surface area contributed by atoms with E-state index in [1.807, 2.05) is 4.90 Å². The fourth-order valence-electron chi connectivity index (χ4n) is 3.69. The fourth-order valence-corrected chi connectivity index (χ4v) is 3.69. The Morgan fingerprint density at radius 2 is 1.52 bits per heavy atom. The van der Waals surface area contributed by atoms with Gasteiger partial charge in [0.1, 0.15) is 18.0 Å². The van der Waals surface area contributed by atoms with Crippen LogP contribution in [0.15, 0.2) is 30.7 Å². The molecule has 0 aromatic carbocycles. The lowest BCUT2D eigenvalue weighted by molar-refractivity contribution is 0.0746. The van der Waals surface area contributed by atoms with Crippen LogP contribution in [0.2, 0.25) is 0 Å².